The number of hydrogen-bond donors (Lipinski definition) is 1. The Hall–Kier alpha value is -2.02. The minimum absolute atomic E-state index is 0.123. The smallest absolute Gasteiger partial charge is 0.295 e. The van der Waals surface area contributed by atoms with Crippen molar-refractivity contribution >= 4 is 16.9 Å². The highest BCUT2D eigenvalue weighted by molar-refractivity contribution is 6.05. The van der Waals surface area contributed by atoms with Gasteiger partial charge >= 0.3 is 0 Å². The van der Waals surface area contributed by atoms with E-state index >= 15 is 0 Å². The number of aromatic amines is 1. The van der Waals surface area contributed by atoms with E-state index in [4.69, 9.17) is 4.74 Å². The first-order valence-corrected chi connectivity index (χ1v) is 8.29. The number of nitrogens with zero attached hydrogens (tertiary/aromatic N) is 2. The summed E-state index contributed by atoms with van der Waals surface area (Å²) in [6, 6.07) is 5.28. The van der Waals surface area contributed by atoms with Crippen LogP contribution >= 0.6 is 0 Å². The number of fused-ring (bicyclic) bond motifs is 1. The molecular formula is C17H19F2N3O2. The summed E-state index contributed by atoms with van der Waals surface area (Å²) in [4.78, 5) is 21.5. The van der Waals surface area contributed by atoms with Gasteiger partial charge < -0.3 is 14.6 Å². The summed E-state index contributed by atoms with van der Waals surface area (Å²) in [7, 11) is 0. The molecule has 2 heterocycles. The molecule has 1 N–H and O–H groups in total. The Labute approximate surface area is 138 Å². The number of para-hydroxylation sites is 1. The first kappa shape index (κ1) is 15.5. The second kappa shape index (κ2) is 6.12. The molecule has 2 aliphatic rings. The molecular weight excluding hydrogens is 316 g/mol. The molecule has 1 unspecified atom stereocenters. The van der Waals surface area contributed by atoms with Crippen molar-refractivity contribution in [2.45, 2.75) is 31.7 Å². The number of hydrogen-bond acceptors (Lipinski definition) is 3. The minimum atomic E-state index is -2.68. The molecule has 24 heavy (non-hydrogen) atoms. The van der Waals surface area contributed by atoms with Crippen molar-refractivity contribution in [2.75, 3.05) is 19.8 Å². The Morgan fingerprint density at radius 2 is 2.21 bits per heavy atom. The molecule has 1 atom stereocenters. The Kier molecular flexibility index (Phi) is 3.96. The van der Waals surface area contributed by atoms with Crippen LogP contribution in [0.15, 0.2) is 18.2 Å². The molecule has 0 radical (unpaired) electrons. The lowest BCUT2D eigenvalue weighted by Crippen LogP contribution is -2.37. The highest BCUT2D eigenvalue weighted by Gasteiger charge is 2.36. The van der Waals surface area contributed by atoms with Gasteiger partial charge in [-0.05, 0) is 31.4 Å². The predicted molar refractivity (Wildman–Crippen MR) is 84.0 cm³/mol. The second-order valence-corrected chi connectivity index (χ2v) is 6.54. The minimum Gasteiger partial charge on any atom is -0.381 e. The molecule has 4 rings (SSSR count). The molecule has 1 aromatic heterocycles. The number of carbonyl (C=O) groups is 1. The molecule has 0 spiro atoms. The van der Waals surface area contributed by atoms with Crippen molar-refractivity contribution in [1.82, 2.24) is 14.9 Å². The highest BCUT2D eigenvalue weighted by atomic mass is 19.3. The lowest BCUT2D eigenvalue weighted by molar-refractivity contribution is 0.0708. The van der Waals surface area contributed by atoms with Crippen LogP contribution < -0.4 is 0 Å². The summed E-state index contributed by atoms with van der Waals surface area (Å²) in [5.74, 6) is -0.167. The van der Waals surface area contributed by atoms with Gasteiger partial charge in [0.1, 0.15) is 5.52 Å². The number of imidazole rings is 1. The van der Waals surface area contributed by atoms with Crippen LogP contribution in [0.5, 0.6) is 0 Å². The zero-order chi connectivity index (χ0) is 16.7. The molecule has 2 aromatic rings. The van der Waals surface area contributed by atoms with Crippen LogP contribution in [0.3, 0.4) is 0 Å². The highest BCUT2D eigenvalue weighted by Crippen LogP contribution is 2.32. The van der Waals surface area contributed by atoms with E-state index in [0.29, 0.717) is 35.7 Å². The molecule has 7 heteroatoms. The maximum atomic E-state index is 13.1. The summed E-state index contributed by atoms with van der Waals surface area (Å²) in [6.45, 7) is 2.08. The number of nitrogens with one attached hydrogen (secondary N) is 1. The van der Waals surface area contributed by atoms with Crippen molar-refractivity contribution in [3.63, 3.8) is 0 Å². The lowest BCUT2D eigenvalue weighted by Gasteiger charge is -2.25. The van der Waals surface area contributed by atoms with E-state index in [1.165, 1.54) is 0 Å². The van der Waals surface area contributed by atoms with Crippen molar-refractivity contribution in [3.8, 4) is 0 Å². The molecule has 1 saturated heterocycles. The van der Waals surface area contributed by atoms with Crippen molar-refractivity contribution in [1.29, 1.82) is 0 Å². The molecule has 5 nitrogen and oxygen atoms in total. The largest absolute Gasteiger partial charge is 0.381 e. The third kappa shape index (κ3) is 2.88. The molecule has 0 bridgehead atoms. The number of rotatable bonds is 5. The fourth-order valence-corrected chi connectivity index (χ4v) is 3.27. The van der Waals surface area contributed by atoms with Crippen molar-refractivity contribution in [3.05, 3.63) is 29.6 Å². The standard InChI is InChI=1S/C17H19F2N3O2/c18-15(19)16-20-13-3-1-2-12(14(13)21-16)17(23)22(11-4-5-11)8-10-6-7-24-9-10/h1-3,10-11,15H,4-9H2,(H,20,21). The normalized spacial score (nSPS) is 20.9. The third-order valence-electron chi connectivity index (χ3n) is 4.70. The molecule has 1 amide bonds. The first-order valence-electron chi connectivity index (χ1n) is 8.29. The fourth-order valence-electron chi connectivity index (χ4n) is 3.27. The van der Waals surface area contributed by atoms with Crippen LogP contribution in [0.4, 0.5) is 8.78 Å². The molecule has 2 fully saturated rings. The van der Waals surface area contributed by atoms with E-state index in [1.807, 2.05) is 4.90 Å². The maximum Gasteiger partial charge on any atom is 0.295 e. The van der Waals surface area contributed by atoms with E-state index in [9.17, 15) is 13.6 Å². The zero-order valence-corrected chi connectivity index (χ0v) is 13.2. The second-order valence-electron chi connectivity index (χ2n) is 6.54. The average Bonchev–Trinajstić information content (AvgIpc) is 3.10. The monoisotopic (exact) mass is 335 g/mol. The number of amides is 1. The van der Waals surface area contributed by atoms with E-state index in [2.05, 4.69) is 9.97 Å². The summed E-state index contributed by atoms with van der Waals surface area (Å²) >= 11 is 0. The number of benzene rings is 1. The van der Waals surface area contributed by atoms with Gasteiger partial charge in [0, 0.05) is 25.1 Å². The molecule has 1 aromatic carbocycles. The summed E-state index contributed by atoms with van der Waals surface area (Å²) < 4.78 is 31.2. The van der Waals surface area contributed by atoms with Crippen molar-refractivity contribution in [2.24, 2.45) is 5.92 Å². The van der Waals surface area contributed by atoms with Gasteiger partial charge in [0.15, 0.2) is 5.82 Å². The summed E-state index contributed by atoms with van der Waals surface area (Å²) in [5, 5.41) is 0. The average molecular weight is 335 g/mol. The summed E-state index contributed by atoms with van der Waals surface area (Å²) in [6.07, 6.45) is 0.269. The van der Waals surface area contributed by atoms with E-state index in [0.717, 1.165) is 25.9 Å². The van der Waals surface area contributed by atoms with Gasteiger partial charge in [-0.1, -0.05) is 6.07 Å². The lowest BCUT2D eigenvalue weighted by atomic mass is 10.1. The van der Waals surface area contributed by atoms with Gasteiger partial charge in [0.2, 0.25) is 0 Å². The Balaban J connectivity index is 1.65. The van der Waals surface area contributed by atoms with E-state index in [1.54, 1.807) is 18.2 Å². The van der Waals surface area contributed by atoms with E-state index < -0.39 is 12.2 Å². The van der Waals surface area contributed by atoms with Crippen LogP contribution in [0.25, 0.3) is 11.0 Å². The van der Waals surface area contributed by atoms with Crippen LogP contribution in [-0.4, -0.2) is 46.6 Å². The quantitative estimate of drug-likeness (QED) is 0.913. The Morgan fingerprint density at radius 3 is 2.88 bits per heavy atom. The molecule has 1 aliphatic carbocycles. The predicted octanol–water partition coefficient (Wildman–Crippen LogP) is 3.14. The van der Waals surface area contributed by atoms with Crippen molar-refractivity contribution < 1.29 is 18.3 Å². The van der Waals surface area contributed by atoms with E-state index in [-0.39, 0.29) is 11.9 Å². The molecule has 1 aliphatic heterocycles. The van der Waals surface area contributed by atoms with Crippen LogP contribution in [0.1, 0.15) is 41.9 Å². The maximum absolute atomic E-state index is 13.1. The van der Waals surface area contributed by atoms with Gasteiger partial charge in [-0.15, -0.1) is 0 Å². The fraction of sp³-hybridized carbons (Fsp3) is 0.529. The number of ether oxygens (including phenoxy) is 1. The number of H-pyrrole nitrogens is 1. The number of aromatic nitrogens is 2. The van der Waals surface area contributed by atoms with Gasteiger partial charge in [-0.3, -0.25) is 4.79 Å². The topological polar surface area (TPSA) is 58.2 Å². The first-order chi connectivity index (χ1) is 11.6. The van der Waals surface area contributed by atoms with Gasteiger partial charge in [0.05, 0.1) is 17.7 Å². The van der Waals surface area contributed by atoms with Crippen LogP contribution in [0, 0.1) is 5.92 Å². The third-order valence-corrected chi connectivity index (χ3v) is 4.70. The molecule has 1 saturated carbocycles. The molecule has 128 valence electrons. The number of carbonyl (C=O) groups excluding carboxylic acids is 1. The SMILES string of the molecule is O=C(c1cccc2[nH]c(C(F)F)nc12)N(CC1CCOC1)C1CC1. The Bertz CT molecular complexity index is 751. The zero-order valence-electron chi connectivity index (χ0n) is 13.2. The number of halogens is 2. The van der Waals surface area contributed by atoms with Gasteiger partial charge in [-0.2, -0.15) is 0 Å². The Morgan fingerprint density at radius 1 is 1.38 bits per heavy atom. The van der Waals surface area contributed by atoms with Crippen LogP contribution in [-0.2, 0) is 4.74 Å². The number of alkyl halides is 2. The summed E-state index contributed by atoms with van der Waals surface area (Å²) in [5.41, 5.74) is 1.18. The van der Waals surface area contributed by atoms with Crippen LogP contribution in [0.2, 0.25) is 0 Å². The van der Waals surface area contributed by atoms with Gasteiger partial charge in [0.25, 0.3) is 12.3 Å². The van der Waals surface area contributed by atoms with Gasteiger partial charge in [-0.25, -0.2) is 13.8 Å².